The van der Waals surface area contributed by atoms with Gasteiger partial charge in [0, 0.05) is 11.1 Å². The largest absolute Gasteiger partial charge is 0.385 e. The van der Waals surface area contributed by atoms with Crippen LogP contribution in [0.15, 0.2) is 22.7 Å². The number of benzene rings is 1. The molecule has 1 unspecified atom stereocenters. The molecule has 1 aromatic carbocycles. The first-order valence-electron chi connectivity index (χ1n) is 4.78. The van der Waals surface area contributed by atoms with Gasteiger partial charge in [0.2, 0.25) is 0 Å². The highest BCUT2D eigenvalue weighted by Gasteiger charge is 2.18. The first kappa shape index (κ1) is 12.0. The van der Waals surface area contributed by atoms with Gasteiger partial charge in [0.05, 0.1) is 5.56 Å². The van der Waals surface area contributed by atoms with E-state index in [0.717, 1.165) is 12.1 Å². The highest BCUT2D eigenvalue weighted by molar-refractivity contribution is 6.30. The van der Waals surface area contributed by atoms with E-state index in [4.69, 9.17) is 16.1 Å². The maximum Gasteiger partial charge on any atom is 0.165 e. The van der Waals surface area contributed by atoms with Gasteiger partial charge in [-0.2, -0.15) is 0 Å². The lowest BCUT2D eigenvalue weighted by Crippen LogP contribution is -1.90. The minimum atomic E-state index is -0.894. The average molecular weight is 260 g/mol. The van der Waals surface area contributed by atoms with Crippen molar-refractivity contribution in [3.8, 4) is 11.3 Å². The quantitative estimate of drug-likeness (QED) is 0.900. The summed E-state index contributed by atoms with van der Waals surface area (Å²) in [6.07, 6.45) is -0.894. The van der Waals surface area contributed by atoms with E-state index in [1.165, 1.54) is 13.0 Å². The second-order valence-corrected chi connectivity index (χ2v) is 3.97. The summed E-state index contributed by atoms with van der Waals surface area (Å²) in [5.74, 6) is -1.53. The zero-order valence-electron chi connectivity index (χ0n) is 8.75. The first-order chi connectivity index (χ1) is 7.99. The predicted octanol–water partition coefficient (Wildman–Crippen LogP) is 3.33. The molecule has 0 bridgehead atoms. The Balaban J connectivity index is 2.52. The van der Waals surface area contributed by atoms with E-state index in [9.17, 15) is 13.9 Å². The van der Waals surface area contributed by atoms with Gasteiger partial charge in [-0.05, 0) is 19.1 Å². The molecule has 90 valence electrons. The number of rotatable bonds is 2. The van der Waals surface area contributed by atoms with E-state index in [1.54, 1.807) is 0 Å². The Labute approximate surface area is 101 Å². The summed E-state index contributed by atoms with van der Waals surface area (Å²) in [5, 5.41) is 12.7. The third-order valence-corrected chi connectivity index (χ3v) is 2.42. The van der Waals surface area contributed by atoms with Crippen LogP contribution in [0.3, 0.4) is 0 Å². The lowest BCUT2D eigenvalue weighted by atomic mass is 10.1. The molecule has 2 aromatic rings. The minimum absolute atomic E-state index is 0.0208. The third-order valence-electron chi connectivity index (χ3n) is 2.20. The van der Waals surface area contributed by atoms with Crippen molar-refractivity contribution < 1.29 is 18.4 Å². The number of aliphatic hydroxyl groups excluding tert-OH is 1. The van der Waals surface area contributed by atoms with Crippen LogP contribution in [0.1, 0.15) is 18.8 Å². The van der Waals surface area contributed by atoms with Crippen molar-refractivity contribution in [3.63, 3.8) is 0 Å². The Morgan fingerprint density at radius 3 is 2.35 bits per heavy atom. The molecule has 1 N–H and O–H groups in total. The summed E-state index contributed by atoms with van der Waals surface area (Å²) in [7, 11) is 0. The smallest absolute Gasteiger partial charge is 0.165 e. The third kappa shape index (κ3) is 2.30. The van der Waals surface area contributed by atoms with Crippen molar-refractivity contribution in [2.75, 3.05) is 0 Å². The Kier molecular flexibility index (Phi) is 3.13. The fraction of sp³-hybridized carbons (Fsp3) is 0.182. The van der Waals surface area contributed by atoms with Crippen LogP contribution in [0.25, 0.3) is 11.3 Å². The maximum atomic E-state index is 13.5. The van der Waals surface area contributed by atoms with Gasteiger partial charge in [-0.15, -0.1) is 0 Å². The highest BCUT2D eigenvalue weighted by atomic mass is 35.5. The molecule has 1 heterocycles. The SMILES string of the molecule is CC(O)c1cc(-c2c(F)cc(Cl)cc2F)no1. The summed E-state index contributed by atoms with van der Waals surface area (Å²) in [6, 6.07) is 3.24. The molecule has 1 aromatic heterocycles. The van der Waals surface area contributed by atoms with E-state index in [1.807, 2.05) is 0 Å². The molecule has 17 heavy (non-hydrogen) atoms. The van der Waals surface area contributed by atoms with Gasteiger partial charge in [0.1, 0.15) is 23.4 Å². The van der Waals surface area contributed by atoms with Crippen LogP contribution in [0.4, 0.5) is 8.78 Å². The lowest BCUT2D eigenvalue weighted by molar-refractivity contribution is 0.158. The molecule has 1 atom stereocenters. The molecule has 0 saturated carbocycles. The monoisotopic (exact) mass is 259 g/mol. The van der Waals surface area contributed by atoms with Crippen LogP contribution < -0.4 is 0 Å². The zero-order chi connectivity index (χ0) is 12.6. The molecule has 6 heteroatoms. The normalized spacial score (nSPS) is 12.8. The fourth-order valence-corrected chi connectivity index (χ4v) is 1.58. The molecule has 0 fully saturated rings. The number of hydrogen-bond acceptors (Lipinski definition) is 3. The van der Waals surface area contributed by atoms with Crippen molar-refractivity contribution in [2.24, 2.45) is 0 Å². The number of aromatic nitrogens is 1. The van der Waals surface area contributed by atoms with Crippen molar-refractivity contribution in [3.05, 3.63) is 40.6 Å². The molecule has 2 rings (SSSR count). The van der Waals surface area contributed by atoms with Crippen LogP contribution in [0.2, 0.25) is 5.02 Å². The summed E-state index contributed by atoms with van der Waals surface area (Å²) in [4.78, 5) is 0. The van der Waals surface area contributed by atoms with Gasteiger partial charge in [-0.25, -0.2) is 8.78 Å². The number of aliphatic hydroxyl groups is 1. The van der Waals surface area contributed by atoms with Gasteiger partial charge in [0.25, 0.3) is 0 Å². The van der Waals surface area contributed by atoms with E-state index < -0.39 is 17.7 Å². The summed E-state index contributed by atoms with van der Waals surface area (Å²) in [6.45, 7) is 1.46. The summed E-state index contributed by atoms with van der Waals surface area (Å²) in [5.41, 5.74) is -0.349. The second-order valence-electron chi connectivity index (χ2n) is 3.53. The predicted molar refractivity (Wildman–Crippen MR) is 57.5 cm³/mol. The van der Waals surface area contributed by atoms with Gasteiger partial charge in [-0.3, -0.25) is 0 Å². The maximum absolute atomic E-state index is 13.5. The van der Waals surface area contributed by atoms with E-state index in [2.05, 4.69) is 5.16 Å². The highest BCUT2D eigenvalue weighted by Crippen LogP contribution is 2.29. The van der Waals surface area contributed by atoms with E-state index >= 15 is 0 Å². The minimum Gasteiger partial charge on any atom is -0.385 e. The molecular formula is C11H8ClF2NO2. The van der Waals surface area contributed by atoms with Crippen LogP contribution in [-0.4, -0.2) is 10.3 Å². The standard InChI is InChI=1S/C11H8ClF2NO2/c1-5(16)10-4-9(15-17-10)11-7(13)2-6(12)3-8(11)14/h2-5,16H,1H3. The summed E-state index contributed by atoms with van der Waals surface area (Å²) >= 11 is 5.50. The molecule has 0 aliphatic rings. The van der Waals surface area contributed by atoms with E-state index in [-0.39, 0.29) is 22.0 Å². The molecule has 0 aliphatic carbocycles. The molecule has 3 nitrogen and oxygen atoms in total. The Morgan fingerprint density at radius 1 is 1.29 bits per heavy atom. The number of nitrogens with zero attached hydrogens (tertiary/aromatic N) is 1. The Hall–Kier alpha value is -1.46. The molecular weight excluding hydrogens is 252 g/mol. The van der Waals surface area contributed by atoms with Gasteiger partial charge < -0.3 is 9.63 Å². The lowest BCUT2D eigenvalue weighted by Gasteiger charge is -2.01. The van der Waals surface area contributed by atoms with Gasteiger partial charge in [0.15, 0.2) is 5.76 Å². The second kappa shape index (κ2) is 4.43. The first-order valence-corrected chi connectivity index (χ1v) is 5.16. The number of hydrogen-bond donors (Lipinski definition) is 1. The fourth-order valence-electron chi connectivity index (χ4n) is 1.39. The van der Waals surface area contributed by atoms with Crippen molar-refractivity contribution in [2.45, 2.75) is 13.0 Å². The van der Waals surface area contributed by atoms with Gasteiger partial charge >= 0.3 is 0 Å². The molecule has 0 amide bonds. The van der Waals surface area contributed by atoms with Crippen LogP contribution in [0.5, 0.6) is 0 Å². The van der Waals surface area contributed by atoms with Crippen LogP contribution >= 0.6 is 11.6 Å². The Bertz CT molecular complexity index is 531. The van der Waals surface area contributed by atoms with E-state index in [0.29, 0.717) is 0 Å². The molecule has 0 spiro atoms. The molecule has 0 aliphatic heterocycles. The van der Waals surface area contributed by atoms with Crippen molar-refractivity contribution in [1.29, 1.82) is 0 Å². The zero-order valence-corrected chi connectivity index (χ0v) is 9.50. The molecule has 0 radical (unpaired) electrons. The van der Waals surface area contributed by atoms with Crippen molar-refractivity contribution >= 4 is 11.6 Å². The molecule has 0 saturated heterocycles. The van der Waals surface area contributed by atoms with Gasteiger partial charge in [-0.1, -0.05) is 16.8 Å². The van der Waals surface area contributed by atoms with Crippen molar-refractivity contribution in [1.82, 2.24) is 5.16 Å². The Morgan fingerprint density at radius 2 is 1.88 bits per heavy atom. The topological polar surface area (TPSA) is 46.3 Å². The summed E-state index contributed by atoms with van der Waals surface area (Å²) < 4.78 is 31.8. The van der Waals surface area contributed by atoms with Crippen LogP contribution in [-0.2, 0) is 0 Å². The van der Waals surface area contributed by atoms with Crippen LogP contribution in [0, 0.1) is 11.6 Å². The average Bonchev–Trinajstić information content (AvgIpc) is 2.65. The number of halogens is 3.